The lowest BCUT2D eigenvalue weighted by atomic mass is 10.1. The fourth-order valence-electron chi connectivity index (χ4n) is 2.38. The van der Waals surface area contributed by atoms with Crippen LogP contribution in [0.5, 0.6) is 5.75 Å². The van der Waals surface area contributed by atoms with Gasteiger partial charge in [0.1, 0.15) is 17.9 Å². The van der Waals surface area contributed by atoms with Crippen LogP contribution in [0.3, 0.4) is 0 Å². The predicted molar refractivity (Wildman–Crippen MR) is 89.2 cm³/mol. The Kier molecular flexibility index (Phi) is 4.19. The van der Waals surface area contributed by atoms with E-state index >= 15 is 0 Å². The molecule has 4 nitrogen and oxygen atoms in total. The van der Waals surface area contributed by atoms with Crippen molar-refractivity contribution in [1.29, 1.82) is 0 Å². The molecular formula is C18H19N3O. The molecule has 0 saturated carbocycles. The Labute approximate surface area is 130 Å². The van der Waals surface area contributed by atoms with Crippen LogP contribution in [0.2, 0.25) is 0 Å². The van der Waals surface area contributed by atoms with Crippen molar-refractivity contribution < 1.29 is 4.74 Å². The zero-order valence-electron chi connectivity index (χ0n) is 12.8. The van der Waals surface area contributed by atoms with Gasteiger partial charge in [-0.15, -0.1) is 0 Å². The molecular weight excluding hydrogens is 274 g/mol. The van der Waals surface area contributed by atoms with Crippen LogP contribution in [0.4, 0.5) is 5.82 Å². The van der Waals surface area contributed by atoms with E-state index in [1.807, 2.05) is 18.2 Å². The largest absolute Gasteiger partial charge is 0.497 e. The number of nitrogens with one attached hydrogen (secondary N) is 1. The third-order valence-electron chi connectivity index (χ3n) is 3.73. The van der Waals surface area contributed by atoms with E-state index in [2.05, 4.69) is 46.5 Å². The highest BCUT2D eigenvalue weighted by Gasteiger charge is 2.05. The lowest BCUT2D eigenvalue weighted by molar-refractivity contribution is 0.415. The van der Waals surface area contributed by atoms with Crippen molar-refractivity contribution in [2.24, 2.45) is 0 Å². The van der Waals surface area contributed by atoms with Crippen LogP contribution >= 0.6 is 0 Å². The summed E-state index contributed by atoms with van der Waals surface area (Å²) in [4.78, 5) is 8.65. The van der Waals surface area contributed by atoms with Gasteiger partial charge in [0.05, 0.1) is 12.6 Å². The second-order valence-corrected chi connectivity index (χ2v) is 5.13. The molecule has 0 bridgehead atoms. The number of nitrogens with zero attached hydrogens (tertiary/aromatic N) is 2. The molecule has 0 amide bonds. The second kappa shape index (κ2) is 6.43. The lowest BCUT2D eigenvalue weighted by Gasteiger charge is -2.09. The quantitative estimate of drug-likeness (QED) is 0.777. The minimum Gasteiger partial charge on any atom is -0.497 e. The topological polar surface area (TPSA) is 47.0 Å². The van der Waals surface area contributed by atoms with Gasteiger partial charge in [-0.25, -0.2) is 9.97 Å². The van der Waals surface area contributed by atoms with Crippen molar-refractivity contribution in [3.8, 4) is 5.75 Å². The zero-order chi connectivity index (χ0) is 15.4. The smallest absolute Gasteiger partial charge is 0.137 e. The molecule has 0 aliphatic carbocycles. The van der Waals surface area contributed by atoms with Gasteiger partial charge in [0.2, 0.25) is 0 Å². The standard InChI is InChI=1S/C18H19N3O/c1-3-13-4-6-14(7-5-13)11-19-18-16-9-8-15(22-2)10-17(16)20-12-21-18/h4-10,12H,3,11H2,1-2H3,(H,19,20,21). The van der Waals surface area contributed by atoms with Crippen LogP contribution in [-0.4, -0.2) is 17.1 Å². The Hall–Kier alpha value is -2.62. The van der Waals surface area contributed by atoms with Crippen molar-refractivity contribution in [3.63, 3.8) is 0 Å². The Morgan fingerprint density at radius 2 is 1.77 bits per heavy atom. The molecule has 0 radical (unpaired) electrons. The molecule has 1 aromatic heterocycles. The van der Waals surface area contributed by atoms with Crippen LogP contribution in [-0.2, 0) is 13.0 Å². The van der Waals surface area contributed by atoms with E-state index in [1.54, 1.807) is 13.4 Å². The number of hydrogen-bond donors (Lipinski definition) is 1. The van der Waals surface area contributed by atoms with Gasteiger partial charge in [-0.2, -0.15) is 0 Å². The van der Waals surface area contributed by atoms with Crippen LogP contribution in [0.25, 0.3) is 10.9 Å². The highest BCUT2D eigenvalue weighted by Crippen LogP contribution is 2.23. The molecule has 1 heterocycles. The summed E-state index contributed by atoms with van der Waals surface area (Å²) >= 11 is 0. The lowest BCUT2D eigenvalue weighted by Crippen LogP contribution is -2.02. The second-order valence-electron chi connectivity index (χ2n) is 5.13. The number of benzene rings is 2. The van der Waals surface area contributed by atoms with E-state index in [4.69, 9.17) is 4.74 Å². The number of hydrogen-bond acceptors (Lipinski definition) is 4. The Bertz CT molecular complexity index is 769. The van der Waals surface area contributed by atoms with Gasteiger partial charge >= 0.3 is 0 Å². The Morgan fingerprint density at radius 1 is 1.00 bits per heavy atom. The Balaban J connectivity index is 1.81. The molecule has 3 rings (SSSR count). The molecule has 0 aliphatic heterocycles. The molecule has 0 aliphatic rings. The highest BCUT2D eigenvalue weighted by atomic mass is 16.5. The van der Waals surface area contributed by atoms with E-state index in [1.165, 1.54) is 11.1 Å². The monoisotopic (exact) mass is 293 g/mol. The first-order valence-electron chi connectivity index (χ1n) is 7.40. The van der Waals surface area contributed by atoms with Gasteiger partial charge in [-0.3, -0.25) is 0 Å². The predicted octanol–water partition coefficient (Wildman–Crippen LogP) is 3.81. The summed E-state index contributed by atoms with van der Waals surface area (Å²) in [7, 11) is 1.65. The summed E-state index contributed by atoms with van der Waals surface area (Å²) in [6.07, 6.45) is 2.64. The van der Waals surface area contributed by atoms with Crippen molar-refractivity contribution in [2.45, 2.75) is 19.9 Å². The Morgan fingerprint density at radius 3 is 2.50 bits per heavy atom. The maximum absolute atomic E-state index is 5.23. The van der Waals surface area contributed by atoms with Crippen LogP contribution < -0.4 is 10.1 Å². The number of rotatable bonds is 5. The van der Waals surface area contributed by atoms with Crippen LogP contribution in [0, 0.1) is 0 Å². The molecule has 0 atom stereocenters. The molecule has 0 unspecified atom stereocenters. The summed E-state index contributed by atoms with van der Waals surface area (Å²) in [5.41, 5.74) is 3.46. The average molecular weight is 293 g/mol. The molecule has 3 aromatic rings. The van der Waals surface area contributed by atoms with E-state index < -0.39 is 0 Å². The minimum atomic E-state index is 0.738. The first-order chi connectivity index (χ1) is 10.8. The summed E-state index contributed by atoms with van der Waals surface area (Å²) in [5, 5.41) is 4.38. The number of aryl methyl sites for hydroxylation is 1. The van der Waals surface area contributed by atoms with E-state index in [0.717, 1.165) is 35.4 Å². The summed E-state index contributed by atoms with van der Waals surface area (Å²) in [6.45, 7) is 2.90. The van der Waals surface area contributed by atoms with Gasteiger partial charge in [-0.05, 0) is 29.7 Å². The summed E-state index contributed by atoms with van der Waals surface area (Å²) in [6, 6.07) is 14.5. The SMILES string of the molecule is CCc1ccc(CNc2ncnc3cc(OC)ccc23)cc1. The van der Waals surface area contributed by atoms with E-state index in [-0.39, 0.29) is 0 Å². The van der Waals surface area contributed by atoms with Crippen molar-refractivity contribution in [2.75, 3.05) is 12.4 Å². The minimum absolute atomic E-state index is 0.738. The number of anilines is 1. The molecule has 4 heteroatoms. The van der Waals surface area contributed by atoms with Crippen molar-refractivity contribution in [1.82, 2.24) is 9.97 Å². The molecule has 22 heavy (non-hydrogen) atoms. The number of fused-ring (bicyclic) bond motifs is 1. The molecule has 2 aromatic carbocycles. The first-order valence-corrected chi connectivity index (χ1v) is 7.40. The maximum Gasteiger partial charge on any atom is 0.137 e. The fourth-order valence-corrected chi connectivity index (χ4v) is 2.38. The number of aromatic nitrogens is 2. The normalized spacial score (nSPS) is 10.6. The maximum atomic E-state index is 5.23. The zero-order valence-corrected chi connectivity index (χ0v) is 12.8. The number of methoxy groups -OCH3 is 1. The molecule has 0 spiro atoms. The fraction of sp³-hybridized carbons (Fsp3) is 0.222. The molecule has 0 fully saturated rings. The van der Waals surface area contributed by atoms with E-state index in [0.29, 0.717) is 0 Å². The molecule has 112 valence electrons. The summed E-state index contributed by atoms with van der Waals surface area (Å²) in [5.74, 6) is 1.64. The van der Waals surface area contributed by atoms with Gasteiger partial charge in [0.25, 0.3) is 0 Å². The van der Waals surface area contributed by atoms with Crippen molar-refractivity contribution in [3.05, 3.63) is 59.9 Å². The van der Waals surface area contributed by atoms with Gasteiger partial charge in [0, 0.05) is 18.0 Å². The molecule has 1 N–H and O–H groups in total. The van der Waals surface area contributed by atoms with Crippen LogP contribution in [0.1, 0.15) is 18.1 Å². The van der Waals surface area contributed by atoms with Gasteiger partial charge in [0.15, 0.2) is 0 Å². The van der Waals surface area contributed by atoms with Crippen molar-refractivity contribution >= 4 is 16.7 Å². The van der Waals surface area contributed by atoms with Crippen LogP contribution in [0.15, 0.2) is 48.8 Å². The van der Waals surface area contributed by atoms with E-state index in [9.17, 15) is 0 Å². The van der Waals surface area contributed by atoms with Gasteiger partial charge < -0.3 is 10.1 Å². The average Bonchev–Trinajstić information content (AvgIpc) is 2.59. The highest BCUT2D eigenvalue weighted by molar-refractivity contribution is 5.89. The number of ether oxygens (including phenoxy) is 1. The third-order valence-corrected chi connectivity index (χ3v) is 3.73. The summed E-state index contributed by atoms with van der Waals surface area (Å²) < 4.78 is 5.23. The molecule has 0 saturated heterocycles. The first kappa shape index (κ1) is 14.3. The van der Waals surface area contributed by atoms with Gasteiger partial charge in [-0.1, -0.05) is 31.2 Å². The third kappa shape index (κ3) is 3.01.